The number of hydrogen-bond acceptors (Lipinski definition) is 4. The summed E-state index contributed by atoms with van der Waals surface area (Å²) in [5, 5.41) is 7.59. The number of morpholine rings is 1. The van der Waals surface area contributed by atoms with Gasteiger partial charge < -0.3 is 10.1 Å². The molecule has 0 spiro atoms. The maximum Gasteiger partial charge on any atom is 0.238 e. The summed E-state index contributed by atoms with van der Waals surface area (Å²) in [7, 11) is 0. The molecule has 6 nitrogen and oxygen atoms in total. The number of amides is 1. The number of nitrogens with one attached hydrogen (secondary N) is 1. The predicted octanol–water partition coefficient (Wildman–Crippen LogP) is 2.15. The minimum atomic E-state index is -0.0112. The molecule has 0 bridgehead atoms. The van der Waals surface area contributed by atoms with Gasteiger partial charge in [0, 0.05) is 13.1 Å². The Kier molecular flexibility index (Phi) is 4.97. The number of anilines is 1. The normalized spacial score (nSPS) is 18.5. The van der Waals surface area contributed by atoms with Crippen molar-refractivity contribution in [2.45, 2.75) is 26.9 Å². The van der Waals surface area contributed by atoms with Crippen molar-refractivity contribution in [1.82, 2.24) is 14.7 Å². The molecule has 2 aromatic rings. The first-order chi connectivity index (χ1) is 11.5. The van der Waals surface area contributed by atoms with Crippen LogP contribution in [0.25, 0.3) is 5.69 Å². The maximum atomic E-state index is 12.4. The van der Waals surface area contributed by atoms with Crippen LogP contribution in [0.15, 0.2) is 30.3 Å². The van der Waals surface area contributed by atoms with Gasteiger partial charge in [-0.15, -0.1) is 0 Å². The van der Waals surface area contributed by atoms with Crippen LogP contribution >= 0.6 is 0 Å². The van der Waals surface area contributed by atoms with Gasteiger partial charge in [0.1, 0.15) is 0 Å². The fourth-order valence-corrected chi connectivity index (χ4v) is 3.06. The van der Waals surface area contributed by atoms with E-state index in [1.54, 1.807) is 0 Å². The highest BCUT2D eigenvalue weighted by molar-refractivity contribution is 5.93. The summed E-state index contributed by atoms with van der Waals surface area (Å²) < 4.78 is 7.37. The Morgan fingerprint density at radius 1 is 1.33 bits per heavy atom. The summed E-state index contributed by atoms with van der Waals surface area (Å²) in [6, 6.07) is 9.93. The van der Waals surface area contributed by atoms with Gasteiger partial charge in [0.25, 0.3) is 0 Å². The van der Waals surface area contributed by atoms with Crippen molar-refractivity contribution < 1.29 is 9.53 Å². The largest absolute Gasteiger partial charge is 0.376 e. The maximum absolute atomic E-state index is 12.4. The molecule has 1 N–H and O–H groups in total. The van der Waals surface area contributed by atoms with Crippen molar-refractivity contribution in [2.24, 2.45) is 0 Å². The van der Waals surface area contributed by atoms with Gasteiger partial charge in [0.15, 0.2) is 0 Å². The van der Waals surface area contributed by atoms with Gasteiger partial charge in [0.05, 0.1) is 42.0 Å². The van der Waals surface area contributed by atoms with Crippen LogP contribution < -0.4 is 5.32 Å². The Hall–Kier alpha value is -2.18. The van der Waals surface area contributed by atoms with E-state index in [1.165, 1.54) is 0 Å². The number of carbonyl (C=O) groups excluding carboxylic acids is 1. The molecule has 1 aromatic carbocycles. The summed E-state index contributed by atoms with van der Waals surface area (Å²) in [4.78, 5) is 14.5. The molecule has 2 heterocycles. The lowest BCUT2D eigenvalue weighted by molar-refractivity contribution is -0.119. The van der Waals surface area contributed by atoms with Crippen molar-refractivity contribution >= 4 is 11.6 Å². The Balaban J connectivity index is 1.71. The van der Waals surface area contributed by atoms with E-state index in [0.717, 1.165) is 35.9 Å². The van der Waals surface area contributed by atoms with E-state index < -0.39 is 0 Å². The summed E-state index contributed by atoms with van der Waals surface area (Å²) in [5.74, 6) is -0.0112. The van der Waals surface area contributed by atoms with Crippen molar-refractivity contribution in [2.75, 3.05) is 31.6 Å². The van der Waals surface area contributed by atoms with Crippen LogP contribution in [0.1, 0.15) is 18.3 Å². The molecule has 1 amide bonds. The molecule has 3 rings (SSSR count). The first-order valence-electron chi connectivity index (χ1n) is 8.30. The van der Waals surface area contributed by atoms with Crippen molar-refractivity contribution in [3.63, 3.8) is 0 Å². The highest BCUT2D eigenvalue weighted by Crippen LogP contribution is 2.22. The number of ether oxygens (including phenoxy) is 1. The fourth-order valence-electron chi connectivity index (χ4n) is 3.06. The molecule has 0 aliphatic carbocycles. The topological polar surface area (TPSA) is 59.4 Å². The lowest BCUT2D eigenvalue weighted by Crippen LogP contribution is -2.44. The minimum absolute atomic E-state index is 0.0112. The Labute approximate surface area is 142 Å². The van der Waals surface area contributed by atoms with E-state index in [2.05, 4.69) is 15.3 Å². The standard InChI is InChI=1S/C18H24N4O2/c1-13-11-21(9-10-24-13)12-17(23)19-18-14(2)20-22(15(18)3)16-7-5-4-6-8-16/h4-8,13H,9-12H2,1-3H3,(H,19,23). The van der Waals surface area contributed by atoms with Crippen molar-refractivity contribution in [3.8, 4) is 5.69 Å². The van der Waals surface area contributed by atoms with Gasteiger partial charge in [-0.3, -0.25) is 9.69 Å². The van der Waals surface area contributed by atoms with Gasteiger partial charge in [-0.25, -0.2) is 4.68 Å². The number of carbonyl (C=O) groups is 1. The molecule has 0 saturated carbocycles. The smallest absolute Gasteiger partial charge is 0.238 e. The zero-order valence-electron chi connectivity index (χ0n) is 14.5. The molecule has 128 valence electrons. The number of para-hydroxylation sites is 1. The number of aromatic nitrogens is 2. The quantitative estimate of drug-likeness (QED) is 0.934. The molecule has 6 heteroatoms. The Morgan fingerprint density at radius 3 is 2.79 bits per heavy atom. The second-order valence-electron chi connectivity index (χ2n) is 6.26. The summed E-state index contributed by atoms with van der Waals surface area (Å²) >= 11 is 0. The van der Waals surface area contributed by atoms with E-state index in [-0.39, 0.29) is 12.0 Å². The summed E-state index contributed by atoms with van der Waals surface area (Å²) in [6.45, 7) is 8.55. The van der Waals surface area contributed by atoms with Crippen LogP contribution in [-0.4, -0.2) is 52.9 Å². The monoisotopic (exact) mass is 328 g/mol. The third-order valence-corrected chi connectivity index (χ3v) is 4.25. The van der Waals surface area contributed by atoms with Crippen LogP contribution in [0.4, 0.5) is 5.69 Å². The molecule has 1 saturated heterocycles. The first kappa shape index (κ1) is 16.7. The molecular formula is C18H24N4O2. The Morgan fingerprint density at radius 2 is 2.08 bits per heavy atom. The molecule has 0 radical (unpaired) electrons. The lowest BCUT2D eigenvalue weighted by atomic mass is 10.2. The number of nitrogens with zero attached hydrogens (tertiary/aromatic N) is 3. The van der Waals surface area contributed by atoms with Gasteiger partial charge in [-0.1, -0.05) is 18.2 Å². The Bertz CT molecular complexity index is 711. The van der Waals surface area contributed by atoms with Crippen LogP contribution in [0.2, 0.25) is 0 Å². The average Bonchev–Trinajstić information content (AvgIpc) is 2.84. The van der Waals surface area contributed by atoms with E-state index in [4.69, 9.17) is 4.74 Å². The molecule has 1 aromatic heterocycles. The van der Waals surface area contributed by atoms with Gasteiger partial charge >= 0.3 is 0 Å². The zero-order valence-corrected chi connectivity index (χ0v) is 14.5. The first-order valence-corrected chi connectivity index (χ1v) is 8.30. The number of rotatable bonds is 4. The number of hydrogen-bond donors (Lipinski definition) is 1. The number of aryl methyl sites for hydroxylation is 1. The molecule has 1 fully saturated rings. The summed E-state index contributed by atoms with van der Waals surface area (Å²) in [5.41, 5.74) is 3.54. The van der Waals surface area contributed by atoms with Crippen LogP contribution in [0.5, 0.6) is 0 Å². The summed E-state index contributed by atoms with van der Waals surface area (Å²) in [6.07, 6.45) is 0.177. The molecule has 24 heavy (non-hydrogen) atoms. The number of benzene rings is 1. The van der Waals surface area contributed by atoms with Crippen molar-refractivity contribution in [1.29, 1.82) is 0 Å². The molecular weight excluding hydrogens is 304 g/mol. The molecule has 1 aliphatic rings. The van der Waals surface area contributed by atoms with E-state index in [1.807, 2.05) is 55.8 Å². The average molecular weight is 328 g/mol. The van der Waals surface area contributed by atoms with Crippen LogP contribution in [0.3, 0.4) is 0 Å². The van der Waals surface area contributed by atoms with Crippen LogP contribution in [-0.2, 0) is 9.53 Å². The minimum Gasteiger partial charge on any atom is -0.376 e. The molecule has 1 atom stereocenters. The van der Waals surface area contributed by atoms with Gasteiger partial charge in [-0.05, 0) is 32.9 Å². The fraction of sp³-hybridized carbons (Fsp3) is 0.444. The second-order valence-corrected chi connectivity index (χ2v) is 6.26. The highest BCUT2D eigenvalue weighted by Gasteiger charge is 2.20. The SMILES string of the molecule is Cc1nn(-c2ccccc2)c(C)c1NC(=O)CN1CCOC(C)C1. The second kappa shape index (κ2) is 7.15. The highest BCUT2D eigenvalue weighted by atomic mass is 16.5. The zero-order chi connectivity index (χ0) is 17.1. The van der Waals surface area contributed by atoms with Gasteiger partial charge in [0.2, 0.25) is 5.91 Å². The van der Waals surface area contributed by atoms with E-state index in [0.29, 0.717) is 13.2 Å². The van der Waals surface area contributed by atoms with E-state index >= 15 is 0 Å². The third-order valence-electron chi connectivity index (χ3n) is 4.25. The predicted molar refractivity (Wildman–Crippen MR) is 93.5 cm³/mol. The van der Waals surface area contributed by atoms with Gasteiger partial charge in [-0.2, -0.15) is 5.10 Å². The molecule has 1 aliphatic heterocycles. The molecule has 1 unspecified atom stereocenters. The third kappa shape index (κ3) is 3.66. The lowest BCUT2D eigenvalue weighted by Gasteiger charge is -2.30. The van der Waals surface area contributed by atoms with Crippen LogP contribution in [0, 0.1) is 13.8 Å². The van der Waals surface area contributed by atoms with Crippen molar-refractivity contribution in [3.05, 3.63) is 41.7 Å². The van der Waals surface area contributed by atoms with E-state index in [9.17, 15) is 4.79 Å².